The fraction of sp³-hybridized carbons (Fsp3) is 0.222. The summed E-state index contributed by atoms with van der Waals surface area (Å²) in [5.74, 6) is -0.556. The topological polar surface area (TPSA) is 90.0 Å². The molecule has 8 heteroatoms. The van der Waals surface area contributed by atoms with Gasteiger partial charge in [0, 0.05) is 34.2 Å². The highest BCUT2D eigenvalue weighted by molar-refractivity contribution is 6.31. The van der Waals surface area contributed by atoms with E-state index in [-0.39, 0.29) is 30.2 Å². The van der Waals surface area contributed by atoms with Gasteiger partial charge in [-0.25, -0.2) is 9.37 Å². The maximum atomic E-state index is 14.5. The fourth-order valence-electron chi connectivity index (χ4n) is 2.67. The van der Waals surface area contributed by atoms with Gasteiger partial charge in [-0.05, 0) is 37.3 Å². The van der Waals surface area contributed by atoms with Crippen LogP contribution in [0.2, 0.25) is 5.02 Å². The van der Waals surface area contributed by atoms with E-state index in [1.54, 1.807) is 31.2 Å². The van der Waals surface area contributed by atoms with Crippen LogP contribution in [0.5, 0.6) is 0 Å². The predicted molar refractivity (Wildman–Crippen MR) is 101 cm³/mol. The molecule has 0 amide bonds. The summed E-state index contributed by atoms with van der Waals surface area (Å²) in [5.41, 5.74) is 1.07. The van der Waals surface area contributed by atoms with Crippen molar-refractivity contribution in [2.24, 2.45) is 0 Å². The van der Waals surface area contributed by atoms with E-state index in [9.17, 15) is 9.18 Å². The van der Waals surface area contributed by atoms with Crippen LogP contribution in [-0.4, -0.2) is 28.2 Å². The number of aliphatic hydroxyl groups is 1. The average Bonchev–Trinajstić information content (AvgIpc) is 2.62. The third kappa shape index (κ3) is 3.79. The minimum Gasteiger partial charge on any atom is -0.395 e. The quantitative estimate of drug-likeness (QED) is 0.530. The van der Waals surface area contributed by atoms with Crippen molar-refractivity contribution >= 4 is 34.0 Å². The highest BCUT2D eigenvalue weighted by Crippen LogP contribution is 2.25. The number of pyridine rings is 2. The largest absolute Gasteiger partial charge is 0.395 e. The molecule has 0 saturated carbocycles. The van der Waals surface area contributed by atoms with Crippen molar-refractivity contribution in [3.8, 4) is 0 Å². The number of hydrogen-bond donors (Lipinski definition) is 4. The molecule has 0 aliphatic rings. The zero-order valence-corrected chi connectivity index (χ0v) is 14.8. The molecule has 4 N–H and O–H groups in total. The summed E-state index contributed by atoms with van der Waals surface area (Å²) in [7, 11) is 0. The van der Waals surface area contributed by atoms with Gasteiger partial charge in [0.05, 0.1) is 18.3 Å². The van der Waals surface area contributed by atoms with Gasteiger partial charge in [0.15, 0.2) is 11.6 Å². The summed E-state index contributed by atoms with van der Waals surface area (Å²) in [5, 5.41) is 15.9. The van der Waals surface area contributed by atoms with Crippen LogP contribution in [-0.2, 0) is 0 Å². The molecule has 0 radical (unpaired) electrons. The first-order valence-electron chi connectivity index (χ1n) is 8.08. The highest BCUT2D eigenvalue weighted by atomic mass is 35.5. The number of aromatic amines is 1. The molecule has 0 aliphatic heterocycles. The molecule has 3 aromatic rings. The van der Waals surface area contributed by atoms with Gasteiger partial charge >= 0.3 is 0 Å². The van der Waals surface area contributed by atoms with E-state index in [1.807, 2.05) is 0 Å². The number of rotatable bonds is 6. The molecule has 0 saturated heterocycles. The molecule has 0 spiro atoms. The number of aliphatic hydroxyl groups excluding tert-OH is 1. The van der Waals surface area contributed by atoms with Gasteiger partial charge in [-0.2, -0.15) is 0 Å². The Labute approximate surface area is 154 Å². The molecule has 26 heavy (non-hydrogen) atoms. The molecule has 2 aromatic heterocycles. The SMILES string of the molecule is C[C@H](Nc1nccc(NCCO)c1F)c1cc2cc(Cl)ccc2[nH]c1=O. The third-order valence-corrected chi connectivity index (χ3v) is 4.21. The zero-order chi connectivity index (χ0) is 18.7. The maximum Gasteiger partial charge on any atom is 0.253 e. The van der Waals surface area contributed by atoms with Gasteiger partial charge in [-0.15, -0.1) is 0 Å². The Balaban J connectivity index is 1.91. The number of anilines is 2. The molecule has 6 nitrogen and oxygen atoms in total. The lowest BCUT2D eigenvalue weighted by Gasteiger charge is -2.16. The first-order valence-corrected chi connectivity index (χ1v) is 8.45. The predicted octanol–water partition coefficient (Wildman–Crippen LogP) is 3.29. The van der Waals surface area contributed by atoms with Gasteiger partial charge in [0.25, 0.3) is 5.56 Å². The van der Waals surface area contributed by atoms with E-state index >= 15 is 0 Å². The number of aromatic nitrogens is 2. The van der Waals surface area contributed by atoms with E-state index in [0.717, 1.165) is 5.39 Å². The van der Waals surface area contributed by atoms with Gasteiger partial charge in [0.2, 0.25) is 0 Å². The Morgan fingerprint density at radius 3 is 2.92 bits per heavy atom. The van der Waals surface area contributed by atoms with Crippen LogP contribution in [0.1, 0.15) is 18.5 Å². The molecule has 0 unspecified atom stereocenters. The molecule has 0 aliphatic carbocycles. The number of benzene rings is 1. The molecular formula is C18H18ClFN4O2. The van der Waals surface area contributed by atoms with Crippen molar-refractivity contribution < 1.29 is 9.50 Å². The van der Waals surface area contributed by atoms with E-state index in [0.29, 0.717) is 16.1 Å². The fourth-order valence-corrected chi connectivity index (χ4v) is 2.85. The van der Waals surface area contributed by atoms with Crippen LogP contribution in [0.3, 0.4) is 0 Å². The number of H-pyrrole nitrogens is 1. The number of nitrogens with zero attached hydrogens (tertiary/aromatic N) is 1. The van der Waals surface area contributed by atoms with E-state index < -0.39 is 11.9 Å². The second-order valence-corrected chi connectivity index (χ2v) is 6.26. The molecule has 2 heterocycles. The van der Waals surface area contributed by atoms with Gasteiger partial charge in [-0.3, -0.25) is 4.79 Å². The third-order valence-electron chi connectivity index (χ3n) is 3.97. The van der Waals surface area contributed by atoms with Gasteiger partial charge in [0.1, 0.15) is 0 Å². The van der Waals surface area contributed by atoms with Crippen molar-refractivity contribution in [3.63, 3.8) is 0 Å². The lowest BCUT2D eigenvalue weighted by atomic mass is 10.1. The highest BCUT2D eigenvalue weighted by Gasteiger charge is 2.16. The van der Waals surface area contributed by atoms with Crippen LogP contribution in [0.25, 0.3) is 10.9 Å². The Morgan fingerprint density at radius 2 is 2.15 bits per heavy atom. The average molecular weight is 377 g/mol. The summed E-state index contributed by atoms with van der Waals surface area (Å²) in [6, 6.07) is 7.90. The minimum atomic E-state index is -0.576. The number of fused-ring (bicyclic) bond motifs is 1. The Kier molecular flexibility index (Phi) is 5.39. The summed E-state index contributed by atoms with van der Waals surface area (Å²) in [6.07, 6.45) is 1.45. The first-order chi connectivity index (χ1) is 12.5. The van der Waals surface area contributed by atoms with Gasteiger partial charge in [-0.1, -0.05) is 11.6 Å². The van der Waals surface area contributed by atoms with Crippen molar-refractivity contribution in [1.82, 2.24) is 9.97 Å². The summed E-state index contributed by atoms with van der Waals surface area (Å²) in [6.45, 7) is 1.85. The van der Waals surface area contributed by atoms with Crippen LogP contribution in [0.15, 0.2) is 41.3 Å². The molecule has 1 aromatic carbocycles. The van der Waals surface area contributed by atoms with E-state index in [1.165, 1.54) is 12.3 Å². The standard InChI is InChI=1S/C18H18ClFN4O2/c1-10(23-17-16(20)15(4-5-22-17)21-6-7-25)13-9-11-8-12(19)2-3-14(11)24-18(13)26/h2-5,8-10,25H,6-7H2,1H3,(H,24,26)(H2,21,22,23)/t10-/m0/s1. The van der Waals surface area contributed by atoms with Crippen molar-refractivity contribution in [1.29, 1.82) is 0 Å². The maximum absolute atomic E-state index is 14.5. The monoisotopic (exact) mass is 376 g/mol. The molecule has 0 bridgehead atoms. The van der Waals surface area contributed by atoms with Crippen LogP contribution in [0.4, 0.5) is 15.9 Å². The van der Waals surface area contributed by atoms with Crippen molar-refractivity contribution in [2.45, 2.75) is 13.0 Å². The first kappa shape index (κ1) is 18.2. The summed E-state index contributed by atoms with van der Waals surface area (Å²) < 4.78 is 14.5. The second-order valence-electron chi connectivity index (χ2n) is 5.82. The van der Waals surface area contributed by atoms with Crippen LogP contribution in [0, 0.1) is 5.82 Å². The lowest BCUT2D eigenvalue weighted by Crippen LogP contribution is -2.20. The Morgan fingerprint density at radius 1 is 1.35 bits per heavy atom. The summed E-state index contributed by atoms with van der Waals surface area (Å²) >= 11 is 6.01. The molecule has 136 valence electrons. The molecule has 0 fully saturated rings. The Bertz CT molecular complexity index is 993. The molecule has 1 atom stereocenters. The smallest absolute Gasteiger partial charge is 0.253 e. The molecule has 3 rings (SSSR count). The van der Waals surface area contributed by atoms with Gasteiger partial charge < -0.3 is 20.7 Å². The summed E-state index contributed by atoms with van der Waals surface area (Å²) in [4.78, 5) is 19.2. The Hall–Kier alpha value is -2.64. The number of halogens is 2. The van der Waals surface area contributed by atoms with Crippen molar-refractivity contribution in [3.05, 3.63) is 63.3 Å². The molecular weight excluding hydrogens is 359 g/mol. The minimum absolute atomic E-state index is 0.0195. The van der Waals surface area contributed by atoms with E-state index in [2.05, 4.69) is 20.6 Å². The zero-order valence-electron chi connectivity index (χ0n) is 14.0. The van der Waals surface area contributed by atoms with Crippen molar-refractivity contribution in [2.75, 3.05) is 23.8 Å². The number of nitrogens with one attached hydrogen (secondary N) is 3. The van der Waals surface area contributed by atoms with Crippen LogP contribution < -0.4 is 16.2 Å². The van der Waals surface area contributed by atoms with E-state index in [4.69, 9.17) is 16.7 Å². The normalized spacial score (nSPS) is 12.2. The lowest BCUT2D eigenvalue weighted by molar-refractivity contribution is 0.311. The van der Waals surface area contributed by atoms with Crippen LogP contribution >= 0.6 is 11.6 Å². The number of hydrogen-bond acceptors (Lipinski definition) is 5. The second kappa shape index (κ2) is 7.72.